The maximum atomic E-state index is 13.6. The minimum Gasteiger partial charge on any atom is -0.381 e. The standard InChI is InChI=1S/C13H16FN.C13H18.C7H7F.2C2H6/c1-4-9-15-10(3)13-11(5-2)7-6-8-12(13)14;1-4-11-9-13(3)7-5-6-12(13)8-10(11)2;1-6-2-4-7(8)5-3-6;2*1-2/h4,6-8,15H,1,3,5,9H2,2H3;4,8H,1,5-7,9H2,2-3H3;2-5H,1H3;2*1-2H3. The van der Waals surface area contributed by atoms with Crippen LogP contribution in [-0.2, 0) is 6.42 Å². The largest absolute Gasteiger partial charge is 0.381 e. The Morgan fingerprint density at radius 1 is 1.00 bits per heavy atom. The van der Waals surface area contributed by atoms with Gasteiger partial charge in [-0.3, -0.25) is 0 Å². The summed E-state index contributed by atoms with van der Waals surface area (Å²) in [4.78, 5) is 0. The molecule has 2 aliphatic rings. The number of allylic oxidation sites excluding steroid dienone is 5. The van der Waals surface area contributed by atoms with Crippen molar-refractivity contribution in [1.82, 2.24) is 5.32 Å². The average molecular weight is 550 g/mol. The van der Waals surface area contributed by atoms with E-state index in [0.29, 0.717) is 23.2 Å². The summed E-state index contributed by atoms with van der Waals surface area (Å²) in [7, 11) is 0. The fourth-order valence-electron chi connectivity index (χ4n) is 4.74. The summed E-state index contributed by atoms with van der Waals surface area (Å²) in [6.45, 7) is 28.5. The Morgan fingerprint density at radius 3 is 2.15 bits per heavy atom. The topological polar surface area (TPSA) is 12.0 Å². The van der Waals surface area contributed by atoms with E-state index in [9.17, 15) is 8.78 Å². The van der Waals surface area contributed by atoms with Crippen LogP contribution in [0, 0.1) is 24.0 Å². The molecule has 0 aliphatic heterocycles. The first-order chi connectivity index (χ1) is 19.1. The number of hydrogen-bond donors (Lipinski definition) is 1. The molecule has 0 aromatic heterocycles. The summed E-state index contributed by atoms with van der Waals surface area (Å²) in [5.74, 6) is -0.397. The first-order valence-corrected chi connectivity index (χ1v) is 14.7. The summed E-state index contributed by atoms with van der Waals surface area (Å²) >= 11 is 0. The molecule has 220 valence electrons. The lowest BCUT2D eigenvalue weighted by atomic mass is 9.74. The van der Waals surface area contributed by atoms with Crippen LogP contribution in [0.25, 0.3) is 5.70 Å². The highest BCUT2D eigenvalue weighted by Gasteiger charge is 2.36. The van der Waals surface area contributed by atoms with Crippen LogP contribution in [0.1, 0.15) is 90.8 Å². The van der Waals surface area contributed by atoms with Crippen molar-refractivity contribution in [2.75, 3.05) is 6.54 Å². The van der Waals surface area contributed by atoms with Gasteiger partial charge in [-0.2, -0.15) is 0 Å². The molecule has 1 atom stereocenters. The summed E-state index contributed by atoms with van der Waals surface area (Å²) in [6.07, 6.45) is 12.2. The van der Waals surface area contributed by atoms with Crippen LogP contribution in [0.15, 0.2) is 97.1 Å². The second-order valence-corrected chi connectivity index (χ2v) is 9.74. The molecule has 2 aromatic carbocycles. The number of nitrogens with one attached hydrogen (secondary N) is 1. The van der Waals surface area contributed by atoms with Gasteiger partial charge in [0.25, 0.3) is 0 Å². The molecule has 1 fully saturated rings. The molecule has 0 spiro atoms. The SMILES string of the molecule is C=CC1=C(C)C=C2CCCC2(C)C1.C=CCNC(=C)c1c(F)cccc1CC.CC.CC.Cc1ccc(F)cc1. The molecule has 0 saturated heterocycles. The maximum Gasteiger partial charge on any atom is 0.132 e. The van der Waals surface area contributed by atoms with Gasteiger partial charge < -0.3 is 5.32 Å². The molecule has 0 radical (unpaired) electrons. The van der Waals surface area contributed by atoms with Crippen molar-refractivity contribution >= 4 is 5.70 Å². The molecule has 0 amide bonds. The van der Waals surface area contributed by atoms with E-state index in [4.69, 9.17) is 0 Å². The van der Waals surface area contributed by atoms with Gasteiger partial charge in [-0.15, -0.1) is 6.58 Å². The van der Waals surface area contributed by atoms with E-state index in [2.05, 4.69) is 45.0 Å². The van der Waals surface area contributed by atoms with Crippen LogP contribution in [0.5, 0.6) is 0 Å². The smallest absolute Gasteiger partial charge is 0.132 e. The van der Waals surface area contributed by atoms with Crippen molar-refractivity contribution in [3.05, 3.63) is 125 Å². The van der Waals surface area contributed by atoms with E-state index in [0.717, 1.165) is 17.5 Å². The van der Waals surface area contributed by atoms with Crippen molar-refractivity contribution in [3.8, 4) is 0 Å². The lowest BCUT2D eigenvalue weighted by Gasteiger charge is -2.31. The van der Waals surface area contributed by atoms with Crippen LogP contribution in [-0.4, -0.2) is 6.54 Å². The van der Waals surface area contributed by atoms with Crippen molar-refractivity contribution in [3.63, 3.8) is 0 Å². The third-order valence-electron chi connectivity index (χ3n) is 6.93. The monoisotopic (exact) mass is 549 g/mol. The minimum absolute atomic E-state index is 0.171. The van der Waals surface area contributed by atoms with Gasteiger partial charge in [0.15, 0.2) is 0 Å². The predicted octanol–water partition coefficient (Wildman–Crippen LogP) is 11.3. The Labute approximate surface area is 244 Å². The van der Waals surface area contributed by atoms with Crippen molar-refractivity contribution < 1.29 is 8.78 Å². The van der Waals surface area contributed by atoms with Gasteiger partial charge in [0.05, 0.1) is 0 Å². The number of benzene rings is 2. The molecular formula is C37H53F2N. The highest BCUT2D eigenvalue weighted by molar-refractivity contribution is 5.65. The number of fused-ring (bicyclic) bond motifs is 1. The number of hydrogen-bond acceptors (Lipinski definition) is 1. The first-order valence-electron chi connectivity index (χ1n) is 14.7. The van der Waals surface area contributed by atoms with Crippen LogP contribution in [0.4, 0.5) is 8.78 Å². The van der Waals surface area contributed by atoms with Crippen LogP contribution >= 0.6 is 0 Å². The Morgan fingerprint density at radius 2 is 1.62 bits per heavy atom. The Bertz CT molecular complexity index is 1100. The zero-order chi connectivity index (χ0) is 30.7. The minimum atomic E-state index is -0.226. The molecule has 40 heavy (non-hydrogen) atoms. The van der Waals surface area contributed by atoms with E-state index in [1.54, 1.807) is 29.8 Å². The van der Waals surface area contributed by atoms with E-state index in [1.807, 2.05) is 53.7 Å². The van der Waals surface area contributed by atoms with Crippen LogP contribution in [0.3, 0.4) is 0 Å². The molecule has 1 N–H and O–H groups in total. The molecule has 3 heteroatoms. The van der Waals surface area contributed by atoms with Crippen molar-refractivity contribution in [2.45, 2.75) is 87.5 Å². The fraction of sp³-hybridized carbons (Fsp3) is 0.405. The van der Waals surface area contributed by atoms with Crippen LogP contribution < -0.4 is 5.32 Å². The van der Waals surface area contributed by atoms with Gasteiger partial charge in [0.2, 0.25) is 0 Å². The summed E-state index contributed by atoms with van der Waals surface area (Å²) in [5.41, 5.74) is 8.30. The van der Waals surface area contributed by atoms with Gasteiger partial charge >= 0.3 is 0 Å². The lowest BCUT2D eigenvalue weighted by Crippen LogP contribution is -2.18. The Kier molecular flexibility index (Phi) is 18.2. The molecule has 1 unspecified atom stereocenters. The third-order valence-corrected chi connectivity index (χ3v) is 6.93. The molecular weight excluding hydrogens is 496 g/mol. The maximum absolute atomic E-state index is 13.6. The Hall–Kier alpha value is -3.20. The molecule has 0 heterocycles. The highest BCUT2D eigenvalue weighted by atomic mass is 19.1. The van der Waals surface area contributed by atoms with Crippen LogP contribution in [0.2, 0.25) is 0 Å². The Balaban J connectivity index is 0.000000554. The number of halogens is 2. The molecule has 0 bridgehead atoms. The van der Waals surface area contributed by atoms with E-state index in [-0.39, 0.29) is 11.6 Å². The summed E-state index contributed by atoms with van der Waals surface area (Å²) in [5, 5.41) is 3.01. The molecule has 1 nitrogen and oxygen atoms in total. The van der Waals surface area contributed by atoms with Gasteiger partial charge in [0.1, 0.15) is 11.6 Å². The number of rotatable bonds is 6. The second kappa shape index (κ2) is 19.8. The summed E-state index contributed by atoms with van der Waals surface area (Å²) in [6, 6.07) is 11.5. The molecule has 1 saturated carbocycles. The summed E-state index contributed by atoms with van der Waals surface area (Å²) < 4.78 is 25.7. The van der Waals surface area contributed by atoms with Gasteiger partial charge in [0, 0.05) is 17.8 Å². The highest BCUT2D eigenvalue weighted by Crippen LogP contribution is 2.50. The van der Waals surface area contributed by atoms with E-state index in [1.165, 1.54) is 55.0 Å². The molecule has 2 aliphatic carbocycles. The van der Waals surface area contributed by atoms with E-state index >= 15 is 0 Å². The quantitative estimate of drug-likeness (QED) is 0.353. The normalized spacial score (nSPS) is 16.5. The lowest BCUT2D eigenvalue weighted by molar-refractivity contribution is 0.403. The van der Waals surface area contributed by atoms with Gasteiger partial charge in [-0.1, -0.05) is 108 Å². The van der Waals surface area contributed by atoms with E-state index < -0.39 is 0 Å². The fourth-order valence-corrected chi connectivity index (χ4v) is 4.74. The van der Waals surface area contributed by atoms with Gasteiger partial charge in [-0.25, -0.2) is 8.78 Å². The van der Waals surface area contributed by atoms with Crippen molar-refractivity contribution in [2.24, 2.45) is 5.41 Å². The average Bonchev–Trinajstić information content (AvgIpc) is 3.35. The zero-order valence-electron chi connectivity index (χ0n) is 26.4. The predicted molar refractivity (Wildman–Crippen MR) is 174 cm³/mol. The molecule has 4 rings (SSSR count). The first kappa shape index (κ1) is 36.8. The van der Waals surface area contributed by atoms with Gasteiger partial charge in [-0.05, 0) is 86.3 Å². The van der Waals surface area contributed by atoms with Crippen molar-refractivity contribution in [1.29, 1.82) is 0 Å². The molecule has 2 aromatic rings. The third kappa shape index (κ3) is 11.5. The second-order valence-electron chi connectivity index (χ2n) is 9.74. The number of aryl methyl sites for hydroxylation is 2. The zero-order valence-corrected chi connectivity index (χ0v) is 26.4.